The molecule has 0 fully saturated rings. The minimum Gasteiger partial charge on any atom is -0.144 e. The molecule has 0 aromatic carbocycles. The van der Waals surface area contributed by atoms with Crippen molar-refractivity contribution in [2.24, 2.45) is 5.92 Å². The molecule has 1 rings (SSSR count). The molecule has 2 atom stereocenters. The maximum Gasteiger partial charge on any atom is 0.0704 e. The van der Waals surface area contributed by atoms with Crippen molar-refractivity contribution in [1.82, 2.24) is 0 Å². The van der Waals surface area contributed by atoms with Crippen LogP contribution in [0.3, 0.4) is 0 Å². The summed E-state index contributed by atoms with van der Waals surface area (Å²) in [6.07, 6.45) is 1.14. The van der Waals surface area contributed by atoms with Crippen LogP contribution in [0, 0.1) is 12.8 Å². The Hall–Kier alpha value is -0.0100. The van der Waals surface area contributed by atoms with Crippen molar-refractivity contribution in [2.75, 3.05) is 0 Å². The van der Waals surface area contributed by atoms with E-state index in [1.54, 1.807) is 0 Å². The number of rotatable bonds is 3. The van der Waals surface area contributed by atoms with Gasteiger partial charge in [0.25, 0.3) is 0 Å². The van der Waals surface area contributed by atoms with Gasteiger partial charge in [-0.1, -0.05) is 20.3 Å². The summed E-state index contributed by atoms with van der Waals surface area (Å²) in [4.78, 5) is 2.66. The fourth-order valence-electron chi connectivity index (χ4n) is 1.09. The van der Waals surface area contributed by atoms with Crippen LogP contribution in [0.4, 0.5) is 0 Å². The first-order valence-corrected chi connectivity index (χ1v) is 5.60. The van der Waals surface area contributed by atoms with Gasteiger partial charge in [0.2, 0.25) is 0 Å². The summed E-state index contributed by atoms with van der Waals surface area (Å²) in [5.74, 6) is 0.574. The molecule has 0 nitrogen and oxygen atoms in total. The molecule has 0 radical (unpaired) electrons. The van der Waals surface area contributed by atoms with Crippen LogP contribution < -0.4 is 0 Å². The average Bonchev–Trinajstić information content (AvgIpc) is 2.49. The molecule has 0 N–H and O–H groups in total. The third-order valence-corrected chi connectivity index (χ3v) is 4.05. The number of thiophene rings is 1. The van der Waals surface area contributed by atoms with Gasteiger partial charge in [0, 0.05) is 9.75 Å². The van der Waals surface area contributed by atoms with Crippen LogP contribution in [0.25, 0.3) is 0 Å². The van der Waals surface area contributed by atoms with E-state index in [0.29, 0.717) is 5.92 Å². The van der Waals surface area contributed by atoms with Crippen molar-refractivity contribution in [2.45, 2.75) is 32.6 Å². The van der Waals surface area contributed by atoms with Gasteiger partial charge < -0.3 is 0 Å². The lowest BCUT2D eigenvalue weighted by Crippen LogP contribution is -1.99. The summed E-state index contributed by atoms with van der Waals surface area (Å²) in [6.45, 7) is 6.50. The number of aryl methyl sites for hydroxylation is 1. The van der Waals surface area contributed by atoms with Crippen LogP contribution in [-0.4, -0.2) is 0 Å². The first-order valence-electron chi connectivity index (χ1n) is 4.35. The van der Waals surface area contributed by atoms with E-state index in [1.807, 2.05) is 11.3 Å². The zero-order valence-corrected chi connectivity index (χ0v) is 9.38. The molecule has 2 heteroatoms. The molecule has 0 saturated carbocycles. The van der Waals surface area contributed by atoms with Crippen LogP contribution in [0.1, 0.15) is 35.4 Å². The van der Waals surface area contributed by atoms with Crippen LogP contribution in [-0.2, 0) is 0 Å². The maximum absolute atomic E-state index is 6.28. The van der Waals surface area contributed by atoms with Crippen molar-refractivity contribution in [1.29, 1.82) is 0 Å². The minimum absolute atomic E-state index is 0.202. The SMILES string of the molecule is CCC(C)C(Cl)c1ccc(C)s1. The Morgan fingerprint density at radius 1 is 1.50 bits per heavy atom. The van der Waals surface area contributed by atoms with Gasteiger partial charge in [-0.15, -0.1) is 22.9 Å². The minimum atomic E-state index is 0.202. The van der Waals surface area contributed by atoms with Gasteiger partial charge in [-0.3, -0.25) is 0 Å². The number of hydrogen-bond acceptors (Lipinski definition) is 1. The average molecular weight is 203 g/mol. The fraction of sp³-hybridized carbons (Fsp3) is 0.600. The van der Waals surface area contributed by atoms with E-state index in [9.17, 15) is 0 Å². The highest BCUT2D eigenvalue weighted by Gasteiger charge is 2.15. The predicted octanol–water partition coefficient (Wildman–Crippen LogP) is 4.38. The van der Waals surface area contributed by atoms with E-state index >= 15 is 0 Å². The maximum atomic E-state index is 6.28. The zero-order valence-electron chi connectivity index (χ0n) is 7.80. The molecule has 0 aliphatic heterocycles. The molecular formula is C10H15ClS. The molecule has 0 bridgehead atoms. The molecule has 1 heterocycles. The Morgan fingerprint density at radius 2 is 2.17 bits per heavy atom. The van der Waals surface area contributed by atoms with E-state index in [2.05, 4.69) is 32.9 Å². The Labute approximate surface area is 83.6 Å². The van der Waals surface area contributed by atoms with Crippen LogP contribution in [0.15, 0.2) is 12.1 Å². The van der Waals surface area contributed by atoms with Gasteiger partial charge in [0.1, 0.15) is 0 Å². The lowest BCUT2D eigenvalue weighted by atomic mass is 10.0. The topological polar surface area (TPSA) is 0 Å². The normalized spacial score (nSPS) is 16.0. The molecule has 0 aliphatic rings. The number of hydrogen-bond donors (Lipinski definition) is 0. The van der Waals surface area contributed by atoms with E-state index in [0.717, 1.165) is 6.42 Å². The standard InChI is InChI=1S/C10H15ClS/c1-4-7(2)10(11)9-6-5-8(3)12-9/h5-7,10H,4H2,1-3H3. The van der Waals surface area contributed by atoms with Crippen molar-refractivity contribution < 1.29 is 0 Å². The molecule has 0 amide bonds. The highest BCUT2D eigenvalue weighted by atomic mass is 35.5. The second-order valence-corrected chi connectivity index (χ2v) is 5.03. The van der Waals surface area contributed by atoms with E-state index in [4.69, 9.17) is 11.6 Å². The molecule has 68 valence electrons. The quantitative estimate of drug-likeness (QED) is 0.639. The number of alkyl halides is 1. The molecule has 2 unspecified atom stereocenters. The van der Waals surface area contributed by atoms with Gasteiger partial charge in [-0.2, -0.15) is 0 Å². The highest BCUT2D eigenvalue weighted by molar-refractivity contribution is 7.12. The molecule has 1 aromatic rings. The highest BCUT2D eigenvalue weighted by Crippen LogP contribution is 2.34. The van der Waals surface area contributed by atoms with Crippen molar-refractivity contribution in [3.05, 3.63) is 21.9 Å². The third-order valence-electron chi connectivity index (χ3n) is 2.18. The zero-order chi connectivity index (χ0) is 9.14. The first kappa shape index (κ1) is 10.1. The largest absolute Gasteiger partial charge is 0.144 e. The van der Waals surface area contributed by atoms with Gasteiger partial charge in [0.15, 0.2) is 0 Å². The molecule has 0 saturated heterocycles. The molecule has 12 heavy (non-hydrogen) atoms. The van der Waals surface area contributed by atoms with Crippen LogP contribution in [0.5, 0.6) is 0 Å². The monoisotopic (exact) mass is 202 g/mol. The summed E-state index contributed by atoms with van der Waals surface area (Å²) in [6, 6.07) is 4.28. The Kier molecular flexibility index (Phi) is 3.60. The van der Waals surface area contributed by atoms with Crippen LogP contribution in [0.2, 0.25) is 0 Å². The summed E-state index contributed by atoms with van der Waals surface area (Å²) < 4.78 is 0. The summed E-state index contributed by atoms with van der Waals surface area (Å²) in [5.41, 5.74) is 0. The molecule has 0 aliphatic carbocycles. The second-order valence-electron chi connectivity index (χ2n) is 3.24. The Bertz CT molecular complexity index is 242. The third kappa shape index (κ3) is 2.24. The predicted molar refractivity (Wildman–Crippen MR) is 57.1 cm³/mol. The second kappa shape index (κ2) is 4.29. The summed E-state index contributed by atoms with van der Waals surface area (Å²) >= 11 is 8.09. The fourth-order valence-corrected chi connectivity index (χ4v) is 2.46. The van der Waals surface area contributed by atoms with Crippen LogP contribution >= 0.6 is 22.9 Å². The van der Waals surface area contributed by atoms with E-state index in [1.165, 1.54) is 9.75 Å². The first-order chi connectivity index (χ1) is 5.65. The van der Waals surface area contributed by atoms with Gasteiger partial charge in [0.05, 0.1) is 5.38 Å². The van der Waals surface area contributed by atoms with Gasteiger partial charge in [-0.25, -0.2) is 0 Å². The summed E-state index contributed by atoms with van der Waals surface area (Å²) in [7, 11) is 0. The summed E-state index contributed by atoms with van der Waals surface area (Å²) in [5, 5.41) is 0.202. The van der Waals surface area contributed by atoms with E-state index < -0.39 is 0 Å². The van der Waals surface area contributed by atoms with Gasteiger partial charge in [-0.05, 0) is 25.0 Å². The van der Waals surface area contributed by atoms with Gasteiger partial charge >= 0.3 is 0 Å². The van der Waals surface area contributed by atoms with Crippen molar-refractivity contribution in [3.8, 4) is 0 Å². The smallest absolute Gasteiger partial charge is 0.0704 e. The Morgan fingerprint density at radius 3 is 2.58 bits per heavy atom. The lowest BCUT2D eigenvalue weighted by Gasteiger charge is -2.13. The molecule has 1 aromatic heterocycles. The van der Waals surface area contributed by atoms with E-state index in [-0.39, 0.29) is 5.38 Å². The number of halogens is 1. The molecule has 0 spiro atoms. The Balaban J connectivity index is 2.70. The van der Waals surface area contributed by atoms with Crippen molar-refractivity contribution in [3.63, 3.8) is 0 Å². The molecular weight excluding hydrogens is 188 g/mol. The van der Waals surface area contributed by atoms with Crippen molar-refractivity contribution >= 4 is 22.9 Å². The lowest BCUT2D eigenvalue weighted by molar-refractivity contribution is 0.547.